The zero-order chi connectivity index (χ0) is 21.7. The Labute approximate surface area is 187 Å². The van der Waals surface area contributed by atoms with E-state index in [9.17, 15) is 14.4 Å². The second kappa shape index (κ2) is 10.0. The van der Waals surface area contributed by atoms with Crippen LogP contribution in [-0.2, 0) is 20.9 Å². The highest BCUT2D eigenvalue weighted by molar-refractivity contribution is 8.18. The number of halogens is 2. The highest BCUT2D eigenvalue weighted by Gasteiger charge is 2.36. The summed E-state index contributed by atoms with van der Waals surface area (Å²) in [5.41, 5.74) is 1.60. The molecule has 0 atom stereocenters. The Kier molecular flexibility index (Phi) is 7.42. The number of rotatable bonds is 7. The van der Waals surface area contributed by atoms with E-state index in [-0.39, 0.29) is 11.5 Å². The molecule has 0 spiro atoms. The van der Waals surface area contributed by atoms with Crippen LogP contribution in [0.25, 0.3) is 6.08 Å². The number of nitrogens with zero attached hydrogens (tertiary/aromatic N) is 1. The van der Waals surface area contributed by atoms with Crippen molar-refractivity contribution >= 4 is 58.2 Å². The zero-order valence-electron chi connectivity index (χ0n) is 15.9. The molecule has 0 aliphatic carbocycles. The van der Waals surface area contributed by atoms with Crippen molar-refractivity contribution in [1.29, 1.82) is 0 Å². The minimum absolute atomic E-state index is 0.185. The van der Waals surface area contributed by atoms with Gasteiger partial charge in [0.15, 0.2) is 0 Å². The molecule has 1 aliphatic rings. The summed E-state index contributed by atoms with van der Waals surface area (Å²) in [5.74, 6) is -0.504. The van der Waals surface area contributed by atoms with Gasteiger partial charge < -0.3 is 9.47 Å². The lowest BCUT2D eigenvalue weighted by Crippen LogP contribution is -2.34. The zero-order valence-corrected chi connectivity index (χ0v) is 18.2. The van der Waals surface area contributed by atoms with Crippen molar-refractivity contribution in [1.82, 2.24) is 4.90 Å². The molecular weight excluding hydrogens is 449 g/mol. The van der Waals surface area contributed by atoms with Crippen LogP contribution in [0.5, 0.6) is 5.75 Å². The Morgan fingerprint density at radius 2 is 1.83 bits per heavy atom. The average molecular weight is 466 g/mol. The molecule has 1 saturated heterocycles. The Morgan fingerprint density at radius 1 is 1.10 bits per heavy atom. The molecule has 2 aromatic rings. The lowest BCUT2D eigenvalue weighted by molar-refractivity contribution is -0.145. The van der Waals surface area contributed by atoms with Crippen LogP contribution >= 0.6 is 35.0 Å². The van der Waals surface area contributed by atoms with E-state index in [1.54, 1.807) is 49.4 Å². The van der Waals surface area contributed by atoms with Gasteiger partial charge in [0, 0.05) is 0 Å². The van der Waals surface area contributed by atoms with E-state index < -0.39 is 23.7 Å². The van der Waals surface area contributed by atoms with Crippen molar-refractivity contribution in [3.8, 4) is 5.75 Å². The van der Waals surface area contributed by atoms with Crippen molar-refractivity contribution in [2.24, 2.45) is 0 Å². The quantitative estimate of drug-likeness (QED) is 0.414. The number of hydrogen-bond donors (Lipinski definition) is 0. The van der Waals surface area contributed by atoms with Crippen LogP contribution in [0.3, 0.4) is 0 Å². The Bertz CT molecular complexity index is 1010. The first-order valence-electron chi connectivity index (χ1n) is 8.95. The smallest absolute Gasteiger partial charge is 0.326 e. The fraction of sp³-hybridized carbons (Fsp3) is 0.190. The van der Waals surface area contributed by atoms with Gasteiger partial charge in [0.1, 0.15) is 18.9 Å². The van der Waals surface area contributed by atoms with Crippen LogP contribution in [0, 0.1) is 0 Å². The van der Waals surface area contributed by atoms with Crippen molar-refractivity contribution in [3.05, 3.63) is 68.5 Å². The molecule has 2 aromatic carbocycles. The van der Waals surface area contributed by atoms with Crippen molar-refractivity contribution in [2.45, 2.75) is 13.5 Å². The predicted molar refractivity (Wildman–Crippen MR) is 117 cm³/mol. The topological polar surface area (TPSA) is 72.9 Å². The molecule has 0 radical (unpaired) electrons. The molecule has 0 saturated carbocycles. The average Bonchev–Trinajstić information content (AvgIpc) is 2.97. The van der Waals surface area contributed by atoms with Gasteiger partial charge >= 0.3 is 5.97 Å². The maximum absolute atomic E-state index is 12.4. The first kappa shape index (κ1) is 22.2. The molecule has 3 rings (SSSR count). The standard InChI is InChI=1S/C21H17Cl2NO5S/c1-2-28-19(25)11-24-20(26)18(30-21(24)27)10-13-3-6-15(7-4-13)29-12-14-5-8-16(22)17(23)9-14/h3-10H,2,11-12H2,1H3/b18-10-. The van der Waals surface area contributed by atoms with Crippen LogP contribution in [-0.4, -0.2) is 35.2 Å². The van der Waals surface area contributed by atoms with Gasteiger partial charge in [0.05, 0.1) is 21.6 Å². The number of thioether (sulfide) groups is 1. The van der Waals surface area contributed by atoms with Crippen LogP contribution in [0.2, 0.25) is 10.0 Å². The second-order valence-electron chi connectivity index (χ2n) is 6.18. The SMILES string of the molecule is CCOC(=O)CN1C(=O)S/C(=C\c2ccc(OCc3ccc(Cl)c(Cl)c3)cc2)C1=O. The van der Waals surface area contributed by atoms with Crippen LogP contribution in [0.15, 0.2) is 47.4 Å². The van der Waals surface area contributed by atoms with Gasteiger partial charge in [-0.2, -0.15) is 0 Å². The summed E-state index contributed by atoms with van der Waals surface area (Å²) < 4.78 is 10.5. The van der Waals surface area contributed by atoms with Crippen molar-refractivity contribution in [3.63, 3.8) is 0 Å². The van der Waals surface area contributed by atoms with Gasteiger partial charge in [-0.25, -0.2) is 0 Å². The largest absolute Gasteiger partial charge is 0.489 e. The third kappa shape index (κ3) is 5.56. The first-order valence-corrected chi connectivity index (χ1v) is 10.5. The normalized spacial score (nSPS) is 15.0. The van der Waals surface area contributed by atoms with Crippen LogP contribution in [0.4, 0.5) is 4.79 Å². The van der Waals surface area contributed by atoms with Crippen LogP contribution < -0.4 is 4.74 Å². The molecule has 30 heavy (non-hydrogen) atoms. The van der Waals surface area contributed by atoms with Gasteiger partial charge in [0.2, 0.25) is 0 Å². The fourth-order valence-corrected chi connectivity index (χ4v) is 3.74. The van der Waals surface area contributed by atoms with Gasteiger partial charge in [-0.15, -0.1) is 0 Å². The minimum Gasteiger partial charge on any atom is -0.489 e. The van der Waals surface area contributed by atoms with E-state index in [0.717, 1.165) is 27.8 Å². The molecule has 0 aromatic heterocycles. The molecule has 1 aliphatic heterocycles. The summed E-state index contributed by atoms with van der Waals surface area (Å²) >= 11 is 12.7. The summed E-state index contributed by atoms with van der Waals surface area (Å²) in [6, 6.07) is 12.3. The minimum atomic E-state index is -0.621. The number of amides is 2. The van der Waals surface area contributed by atoms with Crippen molar-refractivity contribution in [2.75, 3.05) is 13.2 Å². The van der Waals surface area contributed by atoms with Gasteiger partial charge in [-0.1, -0.05) is 41.4 Å². The highest BCUT2D eigenvalue weighted by Crippen LogP contribution is 2.32. The number of esters is 1. The molecule has 0 unspecified atom stereocenters. The van der Waals surface area contributed by atoms with E-state index in [1.807, 2.05) is 6.07 Å². The summed E-state index contributed by atoms with van der Waals surface area (Å²) in [5, 5.41) is 0.447. The molecule has 0 bridgehead atoms. The predicted octanol–water partition coefficient (Wildman–Crippen LogP) is 5.17. The maximum atomic E-state index is 12.4. The van der Waals surface area contributed by atoms with E-state index in [2.05, 4.69) is 0 Å². The monoisotopic (exact) mass is 465 g/mol. The number of benzene rings is 2. The first-order chi connectivity index (χ1) is 14.4. The Hall–Kier alpha value is -2.48. The molecule has 0 N–H and O–H groups in total. The third-order valence-electron chi connectivity index (χ3n) is 4.03. The van der Waals surface area contributed by atoms with E-state index in [1.165, 1.54) is 0 Å². The van der Waals surface area contributed by atoms with Gasteiger partial charge in [0.25, 0.3) is 11.1 Å². The number of ether oxygens (including phenoxy) is 2. The Morgan fingerprint density at radius 3 is 2.50 bits per heavy atom. The van der Waals surface area contributed by atoms with Crippen LogP contribution in [0.1, 0.15) is 18.1 Å². The summed E-state index contributed by atoms with van der Waals surface area (Å²) in [4.78, 5) is 37.1. The van der Waals surface area contributed by atoms with E-state index >= 15 is 0 Å². The molecule has 156 valence electrons. The summed E-state index contributed by atoms with van der Waals surface area (Å²) in [7, 11) is 0. The second-order valence-corrected chi connectivity index (χ2v) is 7.99. The molecule has 2 amide bonds. The van der Waals surface area contributed by atoms with Gasteiger partial charge in [-0.3, -0.25) is 19.3 Å². The molecule has 1 heterocycles. The molecule has 1 fully saturated rings. The summed E-state index contributed by atoms with van der Waals surface area (Å²) in [6.45, 7) is 1.77. The lowest BCUT2D eigenvalue weighted by Gasteiger charge is -2.10. The van der Waals surface area contributed by atoms with E-state index in [4.69, 9.17) is 32.7 Å². The van der Waals surface area contributed by atoms with E-state index in [0.29, 0.717) is 22.4 Å². The van der Waals surface area contributed by atoms with Gasteiger partial charge in [-0.05, 0) is 60.2 Å². The molecule has 6 nitrogen and oxygen atoms in total. The number of carbonyl (C=O) groups excluding carboxylic acids is 3. The summed E-state index contributed by atoms with van der Waals surface area (Å²) in [6.07, 6.45) is 1.60. The number of carbonyl (C=O) groups is 3. The maximum Gasteiger partial charge on any atom is 0.326 e. The number of imide groups is 1. The van der Waals surface area contributed by atoms with Crippen molar-refractivity contribution < 1.29 is 23.9 Å². The number of hydrogen-bond acceptors (Lipinski definition) is 6. The molecule has 9 heteroatoms. The Balaban J connectivity index is 1.62. The third-order valence-corrected chi connectivity index (χ3v) is 5.68. The molecular formula is C21H17Cl2NO5S. The lowest BCUT2D eigenvalue weighted by atomic mass is 10.2. The highest BCUT2D eigenvalue weighted by atomic mass is 35.5. The fourth-order valence-electron chi connectivity index (χ4n) is 2.58.